The predicted molar refractivity (Wildman–Crippen MR) is 39.9 cm³/mol. The molecular formula is C8H9INO2-. The molecule has 1 aliphatic heterocycles. The van der Waals surface area contributed by atoms with Crippen LogP contribution in [0, 0.1) is 0 Å². The van der Waals surface area contributed by atoms with Crippen molar-refractivity contribution in [2.75, 3.05) is 6.61 Å². The fourth-order valence-corrected chi connectivity index (χ4v) is 2.03. The summed E-state index contributed by atoms with van der Waals surface area (Å²) in [4.78, 5) is 0. The fourth-order valence-electron chi connectivity index (χ4n) is 0.695. The summed E-state index contributed by atoms with van der Waals surface area (Å²) in [6, 6.07) is 9.68. The number of hydrogen-bond donors (Lipinski definition) is 1. The summed E-state index contributed by atoms with van der Waals surface area (Å²) in [5.74, 6) is 0.880. The van der Waals surface area contributed by atoms with Crippen molar-refractivity contribution in [2.24, 2.45) is 5.73 Å². The van der Waals surface area contributed by atoms with E-state index in [1.807, 2.05) is 30.3 Å². The Morgan fingerprint density at radius 1 is 1.42 bits per heavy atom. The SMILES string of the molecule is NC1([I-]Oc2ccccc2)CO1. The third-order valence-electron chi connectivity index (χ3n) is 1.42. The molecule has 0 amide bonds. The second kappa shape index (κ2) is 3.20. The summed E-state index contributed by atoms with van der Waals surface area (Å²) in [5.41, 5.74) is 5.70. The Kier molecular flexibility index (Phi) is 2.20. The molecule has 1 fully saturated rings. The van der Waals surface area contributed by atoms with Gasteiger partial charge in [-0.3, -0.25) is 0 Å². The number of epoxide rings is 1. The maximum absolute atomic E-state index is 5.70. The average molecular weight is 278 g/mol. The quantitative estimate of drug-likeness (QED) is 0.293. The number of alkyl halides is 1. The molecule has 0 bridgehead atoms. The Bertz CT molecular complexity index is 261. The van der Waals surface area contributed by atoms with E-state index in [-0.39, 0.29) is 0 Å². The van der Waals surface area contributed by atoms with Crippen LogP contribution in [0.2, 0.25) is 0 Å². The van der Waals surface area contributed by atoms with Gasteiger partial charge in [-0.15, -0.1) is 0 Å². The zero-order chi connectivity index (χ0) is 8.44. The first-order valence-corrected chi connectivity index (χ1v) is 5.55. The molecular weight excluding hydrogens is 269 g/mol. The minimum atomic E-state index is -0.530. The van der Waals surface area contributed by atoms with Gasteiger partial charge in [-0.2, -0.15) is 0 Å². The van der Waals surface area contributed by atoms with Crippen LogP contribution in [-0.4, -0.2) is 10.3 Å². The van der Waals surface area contributed by atoms with Crippen molar-refractivity contribution in [3.8, 4) is 5.75 Å². The van der Waals surface area contributed by atoms with Gasteiger partial charge in [0.15, 0.2) is 0 Å². The summed E-state index contributed by atoms with van der Waals surface area (Å²) in [6.45, 7) is 0.646. The maximum atomic E-state index is 5.70. The number of ether oxygens (including phenoxy) is 1. The number of rotatable bonds is 3. The molecule has 1 unspecified atom stereocenters. The zero-order valence-corrected chi connectivity index (χ0v) is 8.52. The van der Waals surface area contributed by atoms with Crippen molar-refractivity contribution >= 4 is 0 Å². The van der Waals surface area contributed by atoms with E-state index in [1.54, 1.807) is 0 Å². The average Bonchev–Trinajstić information content (AvgIpc) is 2.84. The van der Waals surface area contributed by atoms with Crippen LogP contribution in [0.15, 0.2) is 30.3 Å². The molecule has 12 heavy (non-hydrogen) atoms. The zero-order valence-electron chi connectivity index (χ0n) is 6.37. The molecule has 1 aromatic carbocycles. The first-order valence-electron chi connectivity index (χ1n) is 3.59. The van der Waals surface area contributed by atoms with Gasteiger partial charge in [-0.05, 0) is 0 Å². The number of nitrogens with two attached hydrogens (primary N) is 1. The predicted octanol–water partition coefficient (Wildman–Crippen LogP) is -2.29. The van der Waals surface area contributed by atoms with Gasteiger partial charge in [0.1, 0.15) is 0 Å². The Hall–Kier alpha value is -0.330. The molecule has 1 heterocycles. The standard InChI is InChI=1S/C8H9INO2/c10-8(6-11-8)9-12-7-4-2-1-3-5-7/h1-5H,6,10H2/q-1. The van der Waals surface area contributed by atoms with E-state index >= 15 is 0 Å². The van der Waals surface area contributed by atoms with E-state index in [4.69, 9.17) is 13.5 Å². The van der Waals surface area contributed by atoms with E-state index in [1.165, 1.54) is 0 Å². The van der Waals surface area contributed by atoms with Crippen LogP contribution >= 0.6 is 0 Å². The molecule has 4 heteroatoms. The molecule has 0 radical (unpaired) electrons. The summed E-state index contributed by atoms with van der Waals surface area (Å²) in [7, 11) is 0. The van der Waals surface area contributed by atoms with E-state index in [0.717, 1.165) is 5.75 Å². The summed E-state index contributed by atoms with van der Waals surface area (Å²) >= 11 is -0.530. The van der Waals surface area contributed by atoms with Crippen molar-refractivity contribution in [2.45, 2.75) is 3.73 Å². The van der Waals surface area contributed by atoms with Crippen molar-refractivity contribution in [1.82, 2.24) is 0 Å². The van der Waals surface area contributed by atoms with E-state index in [2.05, 4.69) is 0 Å². The molecule has 1 aliphatic rings. The molecule has 0 aliphatic carbocycles. The summed E-state index contributed by atoms with van der Waals surface area (Å²) in [5, 5.41) is 0. The van der Waals surface area contributed by atoms with Gasteiger partial charge in [0.05, 0.1) is 0 Å². The Morgan fingerprint density at radius 2 is 2.08 bits per heavy atom. The van der Waals surface area contributed by atoms with Gasteiger partial charge in [-0.1, -0.05) is 0 Å². The van der Waals surface area contributed by atoms with Crippen LogP contribution in [0.1, 0.15) is 0 Å². The van der Waals surface area contributed by atoms with Gasteiger partial charge < -0.3 is 0 Å². The molecule has 1 saturated heterocycles. The molecule has 1 aromatic rings. The molecule has 3 nitrogen and oxygen atoms in total. The van der Waals surface area contributed by atoms with Crippen molar-refractivity contribution < 1.29 is 29.4 Å². The number of halogens is 1. The van der Waals surface area contributed by atoms with E-state index in [0.29, 0.717) is 6.61 Å². The van der Waals surface area contributed by atoms with Crippen LogP contribution in [0.3, 0.4) is 0 Å². The van der Waals surface area contributed by atoms with Gasteiger partial charge in [0, 0.05) is 0 Å². The molecule has 66 valence electrons. The number of para-hydroxylation sites is 1. The van der Waals surface area contributed by atoms with Crippen LogP contribution in [0.5, 0.6) is 5.75 Å². The second-order valence-electron chi connectivity index (χ2n) is 2.54. The molecule has 0 saturated carbocycles. The first-order chi connectivity index (χ1) is 5.79. The van der Waals surface area contributed by atoms with Crippen LogP contribution in [0.4, 0.5) is 0 Å². The van der Waals surface area contributed by atoms with Crippen LogP contribution in [0.25, 0.3) is 0 Å². The van der Waals surface area contributed by atoms with Gasteiger partial charge in [-0.25, -0.2) is 0 Å². The second-order valence-corrected chi connectivity index (χ2v) is 5.25. The summed E-state index contributed by atoms with van der Waals surface area (Å²) in [6.07, 6.45) is 0. The van der Waals surface area contributed by atoms with Crippen molar-refractivity contribution in [3.63, 3.8) is 0 Å². The Labute approximate surface area is 81.7 Å². The van der Waals surface area contributed by atoms with Gasteiger partial charge in [0.25, 0.3) is 0 Å². The third-order valence-corrected chi connectivity index (χ3v) is 3.52. The molecule has 0 aromatic heterocycles. The van der Waals surface area contributed by atoms with E-state index < -0.39 is 25.4 Å². The van der Waals surface area contributed by atoms with Gasteiger partial charge in [0.2, 0.25) is 0 Å². The third kappa shape index (κ3) is 2.09. The van der Waals surface area contributed by atoms with Gasteiger partial charge >= 0.3 is 81.6 Å². The van der Waals surface area contributed by atoms with Crippen LogP contribution in [-0.2, 0) is 4.74 Å². The van der Waals surface area contributed by atoms with E-state index in [9.17, 15) is 0 Å². The Morgan fingerprint density at radius 3 is 2.67 bits per heavy atom. The first kappa shape index (κ1) is 8.28. The number of benzene rings is 1. The topological polar surface area (TPSA) is 47.8 Å². The normalized spacial score (nSPS) is 27.1. The fraction of sp³-hybridized carbons (Fsp3) is 0.250. The van der Waals surface area contributed by atoms with Crippen molar-refractivity contribution in [3.05, 3.63) is 30.3 Å². The molecule has 2 rings (SSSR count). The monoisotopic (exact) mass is 278 g/mol. The van der Waals surface area contributed by atoms with Crippen molar-refractivity contribution in [1.29, 1.82) is 0 Å². The minimum absolute atomic E-state index is 0.408. The molecule has 1 atom stereocenters. The Balaban J connectivity index is 1.88. The molecule has 2 N–H and O–H groups in total. The number of hydrogen-bond acceptors (Lipinski definition) is 3. The summed E-state index contributed by atoms with van der Waals surface area (Å²) < 4.78 is 10.1. The molecule has 0 spiro atoms. The van der Waals surface area contributed by atoms with Crippen LogP contribution < -0.4 is 30.4 Å².